The van der Waals surface area contributed by atoms with Crippen molar-refractivity contribution in [3.63, 3.8) is 0 Å². The van der Waals surface area contributed by atoms with Crippen LogP contribution >= 0.6 is 67.8 Å². The standard InChI is InChI=1S/C9H8I3NO2/c10-5-3-6(8(12)7(11)4-5)9(15)13-1-2-14/h3-4,14H,1-2H2,(H,13,15). The van der Waals surface area contributed by atoms with Crippen LogP contribution in [0.2, 0.25) is 0 Å². The van der Waals surface area contributed by atoms with Gasteiger partial charge in [-0.15, -0.1) is 0 Å². The van der Waals surface area contributed by atoms with Gasteiger partial charge in [0.2, 0.25) is 0 Å². The van der Waals surface area contributed by atoms with E-state index >= 15 is 0 Å². The molecule has 0 aliphatic carbocycles. The van der Waals surface area contributed by atoms with Gasteiger partial charge < -0.3 is 10.4 Å². The molecule has 0 radical (unpaired) electrons. The van der Waals surface area contributed by atoms with E-state index in [1.807, 2.05) is 12.1 Å². The molecule has 1 aromatic carbocycles. The van der Waals surface area contributed by atoms with Crippen molar-refractivity contribution >= 4 is 73.7 Å². The maximum absolute atomic E-state index is 11.7. The first kappa shape index (κ1) is 13.9. The van der Waals surface area contributed by atoms with Crippen LogP contribution < -0.4 is 5.32 Å². The summed E-state index contributed by atoms with van der Waals surface area (Å²) >= 11 is 6.54. The molecular weight excluding hydrogens is 535 g/mol. The fourth-order valence-corrected chi connectivity index (χ4v) is 3.39. The number of amides is 1. The van der Waals surface area contributed by atoms with Crippen molar-refractivity contribution in [3.05, 3.63) is 28.4 Å². The third kappa shape index (κ3) is 3.97. The first-order chi connectivity index (χ1) is 7.06. The molecule has 0 saturated carbocycles. The number of hydrogen-bond acceptors (Lipinski definition) is 2. The summed E-state index contributed by atoms with van der Waals surface area (Å²) in [6, 6.07) is 3.86. The number of halogens is 3. The summed E-state index contributed by atoms with van der Waals surface area (Å²) in [6.45, 7) is 0.250. The molecule has 2 N–H and O–H groups in total. The first-order valence-corrected chi connectivity index (χ1v) is 7.33. The topological polar surface area (TPSA) is 49.3 Å². The maximum Gasteiger partial charge on any atom is 0.252 e. The molecule has 0 spiro atoms. The van der Waals surface area contributed by atoms with Crippen molar-refractivity contribution < 1.29 is 9.90 Å². The summed E-state index contributed by atoms with van der Waals surface area (Å²) in [4.78, 5) is 11.7. The van der Waals surface area contributed by atoms with Gasteiger partial charge in [-0.3, -0.25) is 4.79 Å². The summed E-state index contributed by atoms with van der Waals surface area (Å²) in [5.41, 5.74) is 0.667. The van der Waals surface area contributed by atoms with E-state index in [1.165, 1.54) is 0 Å². The Balaban J connectivity index is 2.98. The van der Waals surface area contributed by atoms with Gasteiger partial charge >= 0.3 is 0 Å². The van der Waals surface area contributed by atoms with Gasteiger partial charge in [0.1, 0.15) is 0 Å². The van der Waals surface area contributed by atoms with E-state index < -0.39 is 0 Å². The molecule has 0 aliphatic rings. The second-order valence-electron chi connectivity index (χ2n) is 2.73. The SMILES string of the molecule is O=C(NCCO)c1cc(I)cc(I)c1I. The predicted molar refractivity (Wildman–Crippen MR) is 84.0 cm³/mol. The van der Waals surface area contributed by atoms with E-state index in [0.717, 1.165) is 10.7 Å². The van der Waals surface area contributed by atoms with Gasteiger partial charge in [-0.2, -0.15) is 0 Å². The monoisotopic (exact) mass is 543 g/mol. The minimum atomic E-state index is -0.134. The fourth-order valence-electron chi connectivity index (χ4n) is 0.986. The molecule has 0 unspecified atom stereocenters. The van der Waals surface area contributed by atoms with Crippen molar-refractivity contribution in [2.45, 2.75) is 0 Å². The van der Waals surface area contributed by atoms with Crippen molar-refractivity contribution in [2.24, 2.45) is 0 Å². The second-order valence-corrected chi connectivity index (χ2v) is 6.22. The number of aliphatic hydroxyl groups is 1. The van der Waals surface area contributed by atoms with Crippen LogP contribution in [-0.2, 0) is 0 Å². The van der Waals surface area contributed by atoms with Gasteiger partial charge in [0.15, 0.2) is 0 Å². The van der Waals surface area contributed by atoms with E-state index in [0.29, 0.717) is 5.56 Å². The van der Waals surface area contributed by atoms with Gasteiger partial charge in [0, 0.05) is 17.3 Å². The fraction of sp³-hybridized carbons (Fsp3) is 0.222. The van der Waals surface area contributed by atoms with Crippen molar-refractivity contribution in [3.8, 4) is 0 Å². The lowest BCUT2D eigenvalue weighted by molar-refractivity contribution is 0.0943. The normalized spacial score (nSPS) is 10.1. The van der Waals surface area contributed by atoms with Crippen LogP contribution in [0.4, 0.5) is 0 Å². The lowest BCUT2D eigenvalue weighted by Gasteiger charge is -2.07. The highest BCUT2D eigenvalue weighted by molar-refractivity contribution is 14.1. The largest absolute Gasteiger partial charge is 0.395 e. The summed E-state index contributed by atoms with van der Waals surface area (Å²) in [5.74, 6) is -0.134. The van der Waals surface area contributed by atoms with E-state index in [1.54, 1.807) is 0 Å². The average molecular weight is 543 g/mol. The van der Waals surface area contributed by atoms with Crippen molar-refractivity contribution in [1.29, 1.82) is 0 Å². The summed E-state index contributed by atoms with van der Waals surface area (Å²) in [6.07, 6.45) is 0. The molecule has 1 rings (SSSR count). The number of benzene rings is 1. The summed E-state index contributed by atoms with van der Waals surface area (Å²) < 4.78 is 3.05. The van der Waals surface area contributed by atoms with Gasteiger partial charge in [0.25, 0.3) is 5.91 Å². The molecule has 6 heteroatoms. The molecule has 3 nitrogen and oxygen atoms in total. The summed E-state index contributed by atoms with van der Waals surface area (Å²) in [7, 11) is 0. The molecule has 0 atom stereocenters. The van der Waals surface area contributed by atoms with Crippen LogP contribution in [0, 0.1) is 10.7 Å². The second kappa shape index (κ2) is 6.55. The Kier molecular flexibility index (Phi) is 6.07. The molecule has 1 amide bonds. The molecule has 0 fully saturated rings. The Morgan fingerprint density at radius 3 is 2.60 bits per heavy atom. The van der Waals surface area contributed by atoms with Gasteiger partial charge in [-0.1, -0.05) is 0 Å². The highest BCUT2D eigenvalue weighted by Crippen LogP contribution is 2.22. The zero-order valence-corrected chi connectivity index (χ0v) is 14.0. The quantitative estimate of drug-likeness (QED) is 0.455. The Bertz CT molecular complexity index is 382. The molecule has 82 valence electrons. The zero-order chi connectivity index (χ0) is 11.4. The molecule has 0 saturated heterocycles. The number of rotatable bonds is 3. The Morgan fingerprint density at radius 1 is 1.33 bits per heavy atom. The number of aliphatic hydroxyl groups excluding tert-OH is 1. The number of hydrogen-bond donors (Lipinski definition) is 2. The minimum absolute atomic E-state index is 0.0384. The Morgan fingerprint density at radius 2 is 2.00 bits per heavy atom. The molecular formula is C9H8I3NO2. The molecule has 0 aliphatic heterocycles. The molecule has 0 heterocycles. The molecule has 0 bridgehead atoms. The Hall–Kier alpha value is 0.840. The van der Waals surface area contributed by atoms with Crippen LogP contribution in [0.15, 0.2) is 12.1 Å². The highest BCUT2D eigenvalue weighted by atomic mass is 127. The van der Waals surface area contributed by atoms with Crippen molar-refractivity contribution in [2.75, 3.05) is 13.2 Å². The average Bonchev–Trinajstić information content (AvgIpc) is 2.19. The van der Waals surface area contributed by atoms with E-state index in [4.69, 9.17) is 5.11 Å². The maximum atomic E-state index is 11.7. The number of carbonyl (C=O) groups excluding carboxylic acids is 1. The summed E-state index contributed by atoms with van der Waals surface area (Å²) in [5, 5.41) is 11.3. The van der Waals surface area contributed by atoms with Crippen molar-refractivity contribution in [1.82, 2.24) is 5.32 Å². The van der Waals surface area contributed by atoms with E-state index in [9.17, 15) is 4.79 Å². The van der Waals surface area contributed by atoms with Crippen LogP contribution in [0.3, 0.4) is 0 Å². The zero-order valence-electron chi connectivity index (χ0n) is 7.56. The molecule has 0 aromatic heterocycles. The third-order valence-electron chi connectivity index (χ3n) is 1.63. The molecule has 1 aromatic rings. The minimum Gasteiger partial charge on any atom is -0.395 e. The smallest absolute Gasteiger partial charge is 0.252 e. The van der Waals surface area contributed by atoms with Crippen LogP contribution in [-0.4, -0.2) is 24.2 Å². The first-order valence-electron chi connectivity index (χ1n) is 4.10. The Labute approximate surface area is 129 Å². The predicted octanol–water partition coefficient (Wildman–Crippen LogP) is 2.22. The lowest BCUT2D eigenvalue weighted by atomic mass is 10.2. The van der Waals surface area contributed by atoms with E-state index in [-0.39, 0.29) is 19.1 Å². The van der Waals surface area contributed by atoms with Crippen LogP contribution in [0.1, 0.15) is 10.4 Å². The van der Waals surface area contributed by atoms with Gasteiger partial charge in [0.05, 0.1) is 12.2 Å². The van der Waals surface area contributed by atoms with Crippen LogP contribution in [0.5, 0.6) is 0 Å². The highest BCUT2D eigenvalue weighted by Gasteiger charge is 2.12. The molecule has 15 heavy (non-hydrogen) atoms. The van der Waals surface area contributed by atoms with Crippen LogP contribution in [0.25, 0.3) is 0 Å². The lowest BCUT2D eigenvalue weighted by Crippen LogP contribution is -2.27. The van der Waals surface area contributed by atoms with E-state index in [2.05, 4.69) is 73.1 Å². The van der Waals surface area contributed by atoms with Gasteiger partial charge in [-0.05, 0) is 79.9 Å². The number of carbonyl (C=O) groups is 1. The van der Waals surface area contributed by atoms with Gasteiger partial charge in [-0.25, -0.2) is 0 Å². The number of nitrogens with one attached hydrogen (secondary N) is 1. The third-order valence-corrected chi connectivity index (χ3v) is 5.30.